The predicted octanol–water partition coefficient (Wildman–Crippen LogP) is 6.60. The van der Waals surface area contributed by atoms with Crippen LogP contribution in [0.15, 0.2) is 89.3 Å². The number of nitrogens with zero attached hydrogens (tertiary/aromatic N) is 3. The Morgan fingerprint density at radius 1 is 1.29 bits per heavy atom. The van der Waals surface area contributed by atoms with Crippen molar-refractivity contribution >= 4 is 23.0 Å². The summed E-state index contributed by atoms with van der Waals surface area (Å²) in [5.41, 5.74) is 11.2. The molecule has 1 aromatic carbocycles. The zero-order valence-corrected chi connectivity index (χ0v) is 22.6. The van der Waals surface area contributed by atoms with Crippen LogP contribution in [-0.4, -0.2) is 28.8 Å². The standard InChI is InChI=1S/C28H32F3N5OS/c1-5-21(10-8-14-37-28(29,30)31)27(17-32)36(33)26-16-23(22-9-6-7-11-24(15-22)38-4)12-13-25(26)35-18-19(2)34-20(35)3/h5,7-13,15-18H,6,14,32-33H2,1-4H3/b10-8-,21-5+,27-17-. The van der Waals surface area contributed by atoms with Crippen LogP contribution in [0.3, 0.4) is 0 Å². The van der Waals surface area contributed by atoms with Gasteiger partial charge in [0.1, 0.15) is 5.82 Å². The van der Waals surface area contributed by atoms with Crippen molar-refractivity contribution in [3.05, 3.63) is 106 Å². The highest BCUT2D eigenvalue weighted by Crippen LogP contribution is 2.34. The molecule has 1 aliphatic carbocycles. The van der Waals surface area contributed by atoms with Crippen LogP contribution in [0.2, 0.25) is 0 Å². The molecule has 202 valence electrons. The molecule has 0 aliphatic heterocycles. The third-order valence-electron chi connectivity index (χ3n) is 5.78. The minimum atomic E-state index is -4.71. The van der Waals surface area contributed by atoms with Gasteiger partial charge in [0.05, 0.1) is 29.4 Å². The van der Waals surface area contributed by atoms with E-state index >= 15 is 0 Å². The molecule has 10 heteroatoms. The van der Waals surface area contributed by atoms with Crippen molar-refractivity contribution < 1.29 is 17.9 Å². The SMILES string of the molecule is C/C=C(\C=C/COC(F)(F)F)C(=C/N)/N(N)c1cc(C2=CCC=CC(SC)=C2)ccc1-n1cc(C)nc1C. The van der Waals surface area contributed by atoms with Crippen LogP contribution in [0.25, 0.3) is 11.3 Å². The van der Waals surface area contributed by atoms with E-state index in [4.69, 9.17) is 11.6 Å². The van der Waals surface area contributed by atoms with Crippen LogP contribution >= 0.6 is 11.8 Å². The number of benzene rings is 1. The number of thioether (sulfide) groups is 1. The van der Waals surface area contributed by atoms with Crippen LogP contribution < -0.4 is 16.6 Å². The molecule has 0 atom stereocenters. The first-order valence-electron chi connectivity index (χ1n) is 11.9. The molecule has 0 spiro atoms. The Kier molecular flexibility index (Phi) is 9.84. The number of imidazole rings is 1. The number of anilines is 1. The van der Waals surface area contributed by atoms with E-state index in [1.165, 1.54) is 23.4 Å². The fraction of sp³-hybridized carbons (Fsp3) is 0.250. The molecule has 0 amide bonds. The summed E-state index contributed by atoms with van der Waals surface area (Å²) in [4.78, 5) is 5.66. The predicted molar refractivity (Wildman–Crippen MR) is 150 cm³/mol. The number of aryl methyl sites for hydroxylation is 2. The second kappa shape index (κ2) is 12.9. The number of aromatic nitrogens is 2. The number of allylic oxidation sites excluding steroid dienone is 7. The van der Waals surface area contributed by atoms with Gasteiger partial charge in [-0.3, -0.25) is 9.75 Å². The summed E-state index contributed by atoms with van der Waals surface area (Å²) in [6.07, 6.45) is 14.3. The summed E-state index contributed by atoms with van der Waals surface area (Å²) in [7, 11) is 0. The fourth-order valence-corrected chi connectivity index (χ4v) is 4.50. The molecule has 38 heavy (non-hydrogen) atoms. The van der Waals surface area contributed by atoms with E-state index in [0.29, 0.717) is 17.0 Å². The zero-order valence-electron chi connectivity index (χ0n) is 21.8. The van der Waals surface area contributed by atoms with E-state index in [1.54, 1.807) is 24.8 Å². The largest absolute Gasteiger partial charge is 0.522 e. The molecule has 0 bridgehead atoms. The average molecular weight is 544 g/mol. The number of ether oxygens (including phenoxy) is 1. The summed E-state index contributed by atoms with van der Waals surface area (Å²) < 4.78 is 43.0. The minimum Gasteiger partial charge on any atom is -0.403 e. The molecule has 0 saturated carbocycles. The number of hydrogen-bond acceptors (Lipinski definition) is 6. The smallest absolute Gasteiger partial charge is 0.403 e. The van der Waals surface area contributed by atoms with Crippen LogP contribution in [0.5, 0.6) is 0 Å². The highest BCUT2D eigenvalue weighted by atomic mass is 32.2. The monoisotopic (exact) mass is 543 g/mol. The molecule has 3 rings (SSSR count). The van der Waals surface area contributed by atoms with E-state index in [9.17, 15) is 13.2 Å². The van der Waals surface area contributed by atoms with Gasteiger partial charge in [0.25, 0.3) is 0 Å². The Morgan fingerprint density at radius 3 is 2.66 bits per heavy atom. The normalized spacial score (nSPS) is 15.1. The Morgan fingerprint density at radius 2 is 2.05 bits per heavy atom. The van der Waals surface area contributed by atoms with Crippen LogP contribution in [0.1, 0.15) is 30.4 Å². The van der Waals surface area contributed by atoms with Crippen molar-refractivity contribution in [2.75, 3.05) is 17.9 Å². The van der Waals surface area contributed by atoms with Gasteiger partial charge in [-0.15, -0.1) is 24.9 Å². The van der Waals surface area contributed by atoms with E-state index in [-0.39, 0.29) is 0 Å². The van der Waals surface area contributed by atoms with Crippen molar-refractivity contribution in [2.45, 2.75) is 33.6 Å². The molecule has 1 aliphatic rings. The Bertz CT molecular complexity index is 1330. The lowest BCUT2D eigenvalue weighted by Gasteiger charge is -2.26. The fourth-order valence-electron chi connectivity index (χ4n) is 4.02. The van der Waals surface area contributed by atoms with Crippen molar-refractivity contribution in [2.24, 2.45) is 11.6 Å². The first-order chi connectivity index (χ1) is 18.1. The number of hydrogen-bond donors (Lipinski definition) is 2. The van der Waals surface area contributed by atoms with Gasteiger partial charge in [-0.05, 0) is 68.4 Å². The molecule has 2 aromatic rings. The van der Waals surface area contributed by atoms with Crippen molar-refractivity contribution in [1.29, 1.82) is 0 Å². The first-order valence-corrected chi connectivity index (χ1v) is 13.1. The van der Waals surface area contributed by atoms with E-state index in [1.807, 2.05) is 49.1 Å². The number of hydrazine groups is 1. The summed E-state index contributed by atoms with van der Waals surface area (Å²) in [5, 5.41) is 1.44. The van der Waals surface area contributed by atoms with Crippen molar-refractivity contribution in [3.63, 3.8) is 0 Å². The maximum atomic E-state index is 12.4. The Balaban J connectivity index is 2.08. The van der Waals surface area contributed by atoms with E-state index < -0.39 is 13.0 Å². The summed E-state index contributed by atoms with van der Waals surface area (Å²) >= 11 is 1.66. The maximum Gasteiger partial charge on any atom is 0.522 e. The zero-order chi connectivity index (χ0) is 27.9. The van der Waals surface area contributed by atoms with E-state index in [0.717, 1.165) is 39.7 Å². The van der Waals surface area contributed by atoms with Crippen LogP contribution in [0, 0.1) is 13.8 Å². The molecule has 1 aromatic heterocycles. The molecule has 1 heterocycles. The molecular formula is C28H32F3N5OS. The molecule has 4 N–H and O–H groups in total. The minimum absolute atomic E-state index is 0.403. The third kappa shape index (κ3) is 7.31. The molecule has 0 fully saturated rings. The van der Waals surface area contributed by atoms with Gasteiger partial charge < -0.3 is 10.3 Å². The molecular weight excluding hydrogens is 511 g/mol. The lowest BCUT2D eigenvalue weighted by molar-refractivity contribution is -0.319. The average Bonchev–Trinajstić information content (AvgIpc) is 3.06. The highest BCUT2D eigenvalue weighted by molar-refractivity contribution is 8.02. The van der Waals surface area contributed by atoms with Crippen LogP contribution in [0.4, 0.5) is 18.9 Å². The van der Waals surface area contributed by atoms with Crippen molar-refractivity contribution in [3.8, 4) is 5.69 Å². The summed E-state index contributed by atoms with van der Waals surface area (Å²) in [6, 6.07) is 5.98. The van der Waals surface area contributed by atoms with Crippen molar-refractivity contribution in [1.82, 2.24) is 9.55 Å². The number of alkyl halides is 3. The van der Waals surface area contributed by atoms with Gasteiger partial charge in [0.2, 0.25) is 0 Å². The topological polar surface area (TPSA) is 82.3 Å². The maximum absolute atomic E-state index is 12.4. The van der Waals surface area contributed by atoms with Gasteiger partial charge in [-0.1, -0.05) is 42.5 Å². The van der Waals surface area contributed by atoms with Gasteiger partial charge >= 0.3 is 6.36 Å². The molecule has 0 saturated heterocycles. The second-order valence-electron chi connectivity index (χ2n) is 8.38. The van der Waals surface area contributed by atoms with Gasteiger partial charge in [0.15, 0.2) is 0 Å². The Hall–Kier alpha value is -3.47. The van der Waals surface area contributed by atoms with Gasteiger partial charge in [-0.2, -0.15) is 0 Å². The quantitative estimate of drug-likeness (QED) is 0.211. The number of nitrogens with two attached hydrogens (primary N) is 2. The summed E-state index contributed by atoms with van der Waals surface area (Å²) in [5.74, 6) is 7.47. The third-order valence-corrected chi connectivity index (χ3v) is 6.51. The molecule has 0 radical (unpaired) electrons. The number of halogens is 3. The second-order valence-corrected chi connectivity index (χ2v) is 9.26. The first kappa shape index (κ1) is 29.1. The highest BCUT2D eigenvalue weighted by Gasteiger charge is 2.28. The molecule has 6 nitrogen and oxygen atoms in total. The lowest BCUT2D eigenvalue weighted by atomic mass is 10.0. The summed E-state index contributed by atoms with van der Waals surface area (Å²) in [6.45, 7) is 4.93. The number of rotatable bonds is 9. The van der Waals surface area contributed by atoms with E-state index in [2.05, 4.69) is 34.0 Å². The Labute approximate surface area is 225 Å². The molecule has 0 unspecified atom stereocenters. The van der Waals surface area contributed by atoms with Gasteiger partial charge in [0, 0.05) is 17.3 Å². The van der Waals surface area contributed by atoms with Crippen LogP contribution in [-0.2, 0) is 4.74 Å². The lowest BCUT2D eigenvalue weighted by Crippen LogP contribution is -2.32. The van der Waals surface area contributed by atoms with Gasteiger partial charge in [-0.25, -0.2) is 10.8 Å².